The van der Waals surface area contributed by atoms with E-state index in [0.29, 0.717) is 43.6 Å². The second-order valence-electron chi connectivity index (χ2n) is 6.73. The van der Waals surface area contributed by atoms with Gasteiger partial charge < -0.3 is 14.8 Å². The van der Waals surface area contributed by atoms with E-state index in [-0.39, 0.29) is 5.03 Å². The Morgan fingerprint density at radius 3 is 2.48 bits per heavy atom. The Balaban J connectivity index is 1.44. The van der Waals surface area contributed by atoms with Gasteiger partial charge in [-0.3, -0.25) is 0 Å². The molecular weight excluding hydrogens is 392 g/mol. The first-order valence-electron chi connectivity index (χ1n) is 9.18. The monoisotopic (exact) mass is 414 g/mol. The molecule has 0 unspecified atom stereocenters. The molecule has 1 N–H and O–H groups in total. The molecule has 1 saturated heterocycles. The van der Waals surface area contributed by atoms with Gasteiger partial charge in [0.2, 0.25) is 0 Å². The summed E-state index contributed by atoms with van der Waals surface area (Å²) < 4.78 is 28.9. The minimum Gasteiger partial charge on any atom is -0.354 e. The summed E-state index contributed by atoms with van der Waals surface area (Å²) in [4.78, 5) is 19.0. The topological polar surface area (TPSA) is 109 Å². The van der Waals surface area contributed by atoms with Crippen molar-refractivity contribution in [3.05, 3.63) is 48.8 Å². The van der Waals surface area contributed by atoms with Gasteiger partial charge in [0.25, 0.3) is 10.0 Å². The molecule has 0 aromatic carbocycles. The highest BCUT2D eigenvalue weighted by Gasteiger charge is 2.31. The van der Waals surface area contributed by atoms with Gasteiger partial charge in [0.15, 0.2) is 5.03 Å². The average molecular weight is 414 g/mol. The maximum Gasteiger partial charge on any atom is 0.262 e. The summed E-state index contributed by atoms with van der Waals surface area (Å²) in [5, 5.41) is 3.23. The number of aryl methyl sites for hydroxylation is 2. The number of nitrogens with one attached hydrogen (secondary N) is 1. The van der Waals surface area contributed by atoms with Gasteiger partial charge in [-0.2, -0.15) is 4.31 Å². The predicted octanol–water partition coefficient (Wildman–Crippen LogP) is 1.17. The maximum atomic E-state index is 12.8. The Morgan fingerprint density at radius 1 is 1.03 bits per heavy atom. The minimum absolute atomic E-state index is 0.0924. The van der Waals surface area contributed by atoms with Gasteiger partial charge in [-0.25, -0.2) is 28.4 Å². The van der Waals surface area contributed by atoms with Gasteiger partial charge in [0.1, 0.15) is 29.6 Å². The van der Waals surface area contributed by atoms with E-state index in [1.807, 2.05) is 29.2 Å². The third-order valence-electron chi connectivity index (χ3n) is 4.83. The molecule has 152 valence electrons. The molecule has 1 aliphatic rings. The van der Waals surface area contributed by atoms with E-state index in [0.717, 1.165) is 5.82 Å². The van der Waals surface area contributed by atoms with Crippen LogP contribution in [-0.2, 0) is 17.1 Å². The van der Waals surface area contributed by atoms with Crippen molar-refractivity contribution in [3.63, 3.8) is 0 Å². The van der Waals surface area contributed by atoms with Crippen LogP contribution in [0, 0.1) is 6.92 Å². The zero-order valence-corrected chi connectivity index (χ0v) is 17.0. The van der Waals surface area contributed by atoms with Crippen molar-refractivity contribution < 1.29 is 8.42 Å². The number of pyridine rings is 1. The van der Waals surface area contributed by atoms with Gasteiger partial charge in [0, 0.05) is 51.7 Å². The van der Waals surface area contributed by atoms with Gasteiger partial charge >= 0.3 is 0 Å². The molecule has 3 aromatic rings. The van der Waals surface area contributed by atoms with Crippen LogP contribution in [0.25, 0.3) is 0 Å². The van der Waals surface area contributed by atoms with E-state index in [1.165, 1.54) is 10.6 Å². The normalized spacial score (nSPS) is 15.4. The zero-order valence-electron chi connectivity index (χ0n) is 16.2. The molecule has 0 saturated carbocycles. The Labute approximate surface area is 169 Å². The number of imidazole rings is 1. The molecule has 0 atom stereocenters. The number of anilines is 3. The number of hydrogen-bond acceptors (Lipinski definition) is 8. The van der Waals surface area contributed by atoms with Gasteiger partial charge in [-0.05, 0) is 19.1 Å². The van der Waals surface area contributed by atoms with E-state index in [4.69, 9.17) is 0 Å². The quantitative estimate of drug-likeness (QED) is 0.663. The Kier molecular flexibility index (Phi) is 5.16. The van der Waals surface area contributed by atoms with Crippen LogP contribution in [0.3, 0.4) is 0 Å². The molecule has 0 radical (unpaired) electrons. The third-order valence-corrected chi connectivity index (χ3v) is 6.60. The van der Waals surface area contributed by atoms with Crippen molar-refractivity contribution in [1.82, 2.24) is 28.8 Å². The van der Waals surface area contributed by atoms with Crippen LogP contribution in [0.1, 0.15) is 5.82 Å². The lowest BCUT2D eigenvalue weighted by Gasteiger charge is -2.34. The zero-order chi connectivity index (χ0) is 20.4. The standard InChI is InChI=1S/C18H22N8O2S/c1-14-22-18(12-24(14)2)29(27,28)26-9-7-25(8-10-26)17-11-16(20-13-21-17)23-15-5-3-4-6-19-15/h3-6,11-13H,7-10H2,1-2H3,(H,19,20,21,23). The number of sulfonamides is 1. The highest BCUT2D eigenvalue weighted by Crippen LogP contribution is 2.21. The summed E-state index contributed by atoms with van der Waals surface area (Å²) in [5.41, 5.74) is 0. The van der Waals surface area contributed by atoms with Crippen molar-refractivity contribution in [2.75, 3.05) is 36.4 Å². The number of aromatic nitrogens is 5. The molecular formula is C18H22N8O2S. The van der Waals surface area contributed by atoms with Crippen molar-refractivity contribution >= 4 is 27.5 Å². The number of hydrogen-bond donors (Lipinski definition) is 1. The van der Waals surface area contributed by atoms with E-state index in [1.54, 1.807) is 30.9 Å². The largest absolute Gasteiger partial charge is 0.354 e. The molecule has 0 aliphatic carbocycles. The second-order valence-corrected chi connectivity index (χ2v) is 8.61. The van der Waals surface area contributed by atoms with Crippen molar-refractivity contribution in [2.45, 2.75) is 11.9 Å². The smallest absolute Gasteiger partial charge is 0.262 e. The van der Waals surface area contributed by atoms with Crippen molar-refractivity contribution in [3.8, 4) is 0 Å². The summed E-state index contributed by atoms with van der Waals surface area (Å²) in [6.07, 6.45) is 4.74. The first-order valence-corrected chi connectivity index (χ1v) is 10.6. The number of rotatable bonds is 5. The van der Waals surface area contributed by atoms with Crippen LogP contribution in [0.5, 0.6) is 0 Å². The van der Waals surface area contributed by atoms with E-state index in [2.05, 4.69) is 25.3 Å². The first kappa shape index (κ1) is 19.3. The maximum absolute atomic E-state index is 12.8. The fourth-order valence-corrected chi connectivity index (χ4v) is 4.54. The van der Waals surface area contributed by atoms with Crippen LogP contribution in [-0.4, -0.2) is 63.4 Å². The van der Waals surface area contributed by atoms with E-state index < -0.39 is 10.0 Å². The lowest BCUT2D eigenvalue weighted by molar-refractivity contribution is 0.382. The SMILES string of the molecule is Cc1nc(S(=O)(=O)N2CCN(c3cc(Nc4ccccn4)ncn3)CC2)cn1C. The summed E-state index contributed by atoms with van der Waals surface area (Å²) in [7, 11) is -1.81. The lowest BCUT2D eigenvalue weighted by atomic mass is 10.3. The molecule has 11 heteroatoms. The molecule has 3 aromatic heterocycles. The van der Waals surface area contributed by atoms with E-state index in [9.17, 15) is 8.42 Å². The van der Waals surface area contributed by atoms with E-state index >= 15 is 0 Å². The second kappa shape index (κ2) is 7.76. The number of piperazine rings is 1. The van der Waals surface area contributed by atoms with Crippen LogP contribution < -0.4 is 10.2 Å². The third kappa shape index (κ3) is 4.05. The average Bonchev–Trinajstić information content (AvgIpc) is 3.08. The molecule has 0 spiro atoms. The van der Waals surface area contributed by atoms with Crippen molar-refractivity contribution in [2.24, 2.45) is 7.05 Å². The van der Waals surface area contributed by atoms with Crippen LogP contribution >= 0.6 is 0 Å². The molecule has 10 nitrogen and oxygen atoms in total. The van der Waals surface area contributed by atoms with Crippen LogP contribution in [0.15, 0.2) is 48.0 Å². The Hall–Kier alpha value is -3.05. The lowest BCUT2D eigenvalue weighted by Crippen LogP contribution is -2.49. The molecule has 0 bridgehead atoms. The molecule has 29 heavy (non-hydrogen) atoms. The Bertz CT molecular complexity index is 1070. The molecule has 4 heterocycles. The highest BCUT2D eigenvalue weighted by molar-refractivity contribution is 7.89. The predicted molar refractivity (Wildman–Crippen MR) is 108 cm³/mol. The first-order chi connectivity index (χ1) is 13.9. The highest BCUT2D eigenvalue weighted by atomic mass is 32.2. The fraction of sp³-hybridized carbons (Fsp3) is 0.333. The number of nitrogens with zero attached hydrogens (tertiary/aromatic N) is 7. The fourth-order valence-electron chi connectivity index (χ4n) is 3.10. The van der Waals surface area contributed by atoms with Crippen LogP contribution in [0.4, 0.5) is 17.5 Å². The molecule has 1 fully saturated rings. The summed E-state index contributed by atoms with van der Waals surface area (Å²) in [6, 6.07) is 7.42. The minimum atomic E-state index is -3.60. The Morgan fingerprint density at radius 2 is 1.83 bits per heavy atom. The van der Waals surface area contributed by atoms with Gasteiger partial charge in [-0.15, -0.1) is 0 Å². The van der Waals surface area contributed by atoms with Crippen molar-refractivity contribution in [1.29, 1.82) is 0 Å². The summed E-state index contributed by atoms with van der Waals surface area (Å²) in [6.45, 7) is 3.58. The molecule has 4 rings (SSSR count). The molecule has 1 aliphatic heterocycles. The van der Waals surface area contributed by atoms with Gasteiger partial charge in [-0.1, -0.05) is 6.07 Å². The summed E-state index contributed by atoms with van der Waals surface area (Å²) >= 11 is 0. The van der Waals surface area contributed by atoms with Gasteiger partial charge in [0.05, 0.1) is 0 Å². The molecule has 0 amide bonds. The summed E-state index contributed by atoms with van der Waals surface area (Å²) in [5.74, 6) is 2.73. The van der Waals surface area contributed by atoms with Crippen LogP contribution in [0.2, 0.25) is 0 Å².